The molecule has 8 nitrogen and oxygen atoms in total. The molecule has 0 fully saturated rings. The molecule has 0 unspecified atom stereocenters. The highest BCUT2D eigenvalue weighted by atomic mass is 32.2. The fraction of sp³-hybridized carbons (Fsp3) is 0.545. The number of nitrogens with one attached hydrogen (secondary N) is 1. The third-order valence-corrected chi connectivity index (χ3v) is 7.43. The van der Waals surface area contributed by atoms with Crippen LogP contribution >= 0.6 is 0 Å². The van der Waals surface area contributed by atoms with Gasteiger partial charge in [-0.3, -0.25) is 9.48 Å². The van der Waals surface area contributed by atoms with E-state index >= 15 is 0 Å². The lowest BCUT2D eigenvalue weighted by atomic mass is 10.1. The van der Waals surface area contributed by atoms with Crippen LogP contribution in [0.15, 0.2) is 41.6 Å². The summed E-state index contributed by atoms with van der Waals surface area (Å²) in [6.45, 7) is 12.5. The summed E-state index contributed by atoms with van der Waals surface area (Å²) in [6.07, 6.45) is 4.35. The molecule has 9 heteroatoms. The summed E-state index contributed by atoms with van der Waals surface area (Å²) in [7, 11) is -3.46. The molecule has 0 saturated carbocycles. The summed E-state index contributed by atoms with van der Waals surface area (Å²) >= 11 is 0. The van der Waals surface area contributed by atoms with Crippen molar-refractivity contribution in [1.82, 2.24) is 19.0 Å². The number of carbonyl (C=O) groups excluding carboxylic acids is 1. The van der Waals surface area contributed by atoms with Crippen LogP contribution in [0.3, 0.4) is 0 Å². The van der Waals surface area contributed by atoms with Crippen molar-refractivity contribution in [3.63, 3.8) is 0 Å². The van der Waals surface area contributed by atoms with Crippen molar-refractivity contribution in [1.29, 1.82) is 0 Å². The van der Waals surface area contributed by atoms with Gasteiger partial charge in [0.05, 0.1) is 23.3 Å². The Kier molecular flexibility index (Phi) is 9.67. The minimum absolute atomic E-state index is 0.0943. The number of sulfonamides is 1. The van der Waals surface area contributed by atoms with Gasteiger partial charge in [-0.15, -0.1) is 0 Å². The number of aromatic nitrogens is 2. The SMILES string of the molecule is CCN(CC)CCn1cc(NC(=O)CCc2ccc(S(=O)(=O)N(CC)CC)cc2)cn1. The highest BCUT2D eigenvalue weighted by Gasteiger charge is 2.21. The number of amides is 1. The summed E-state index contributed by atoms with van der Waals surface area (Å²) in [5, 5.41) is 7.18. The van der Waals surface area contributed by atoms with E-state index in [1.54, 1.807) is 30.5 Å². The van der Waals surface area contributed by atoms with E-state index in [4.69, 9.17) is 0 Å². The number of hydrogen-bond donors (Lipinski definition) is 1. The van der Waals surface area contributed by atoms with Crippen molar-refractivity contribution < 1.29 is 13.2 Å². The predicted molar refractivity (Wildman–Crippen MR) is 124 cm³/mol. The molecule has 1 amide bonds. The van der Waals surface area contributed by atoms with Gasteiger partial charge in [-0.1, -0.05) is 39.8 Å². The minimum atomic E-state index is -3.46. The molecule has 0 aliphatic carbocycles. The van der Waals surface area contributed by atoms with Gasteiger partial charge in [-0.05, 0) is 37.2 Å². The van der Waals surface area contributed by atoms with E-state index in [9.17, 15) is 13.2 Å². The maximum Gasteiger partial charge on any atom is 0.243 e. The topological polar surface area (TPSA) is 87.5 Å². The molecule has 0 bridgehead atoms. The van der Waals surface area contributed by atoms with Crippen LogP contribution in [0.5, 0.6) is 0 Å². The Labute approximate surface area is 186 Å². The highest BCUT2D eigenvalue weighted by molar-refractivity contribution is 7.89. The number of likely N-dealkylation sites (N-methyl/N-ethyl adjacent to an activating group) is 1. The largest absolute Gasteiger partial charge is 0.323 e. The molecule has 0 spiro atoms. The van der Waals surface area contributed by atoms with E-state index in [-0.39, 0.29) is 10.8 Å². The Balaban J connectivity index is 1.85. The van der Waals surface area contributed by atoms with E-state index in [2.05, 4.69) is 29.2 Å². The lowest BCUT2D eigenvalue weighted by Crippen LogP contribution is -2.30. The van der Waals surface area contributed by atoms with E-state index in [0.717, 1.165) is 31.7 Å². The number of carbonyl (C=O) groups is 1. The molecule has 2 rings (SSSR count). The molecule has 0 saturated heterocycles. The van der Waals surface area contributed by atoms with E-state index < -0.39 is 10.0 Å². The summed E-state index contributed by atoms with van der Waals surface area (Å²) < 4.78 is 28.4. The standard InChI is InChI=1S/C22H35N5O3S/c1-5-25(6-2)15-16-26-18-20(17-23-26)24-22(28)14-11-19-9-12-21(13-10-19)31(29,30)27(7-3)8-4/h9-10,12-13,17-18H,5-8,11,14-16H2,1-4H3,(H,24,28). The fourth-order valence-corrected chi connectivity index (χ4v) is 4.81. The van der Waals surface area contributed by atoms with Crippen LogP contribution in [-0.4, -0.2) is 66.0 Å². The molecule has 1 aromatic carbocycles. The summed E-state index contributed by atoms with van der Waals surface area (Å²) in [5.41, 5.74) is 1.61. The van der Waals surface area contributed by atoms with Gasteiger partial charge in [0.2, 0.25) is 15.9 Å². The number of benzene rings is 1. The second kappa shape index (κ2) is 12.0. The molecule has 31 heavy (non-hydrogen) atoms. The Morgan fingerprint density at radius 3 is 2.26 bits per heavy atom. The van der Waals surface area contributed by atoms with Crippen LogP contribution in [-0.2, 0) is 27.8 Å². The average Bonchev–Trinajstić information content (AvgIpc) is 3.21. The van der Waals surface area contributed by atoms with Gasteiger partial charge in [0.25, 0.3) is 0 Å². The zero-order valence-electron chi connectivity index (χ0n) is 19.0. The first-order valence-electron chi connectivity index (χ1n) is 11.0. The third kappa shape index (κ3) is 7.15. The van der Waals surface area contributed by atoms with Gasteiger partial charge in [-0.2, -0.15) is 9.40 Å². The van der Waals surface area contributed by atoms with E-state index in [1.807, 2.05) is 24.7 Å². The Morgan fingerprint density at radius 2 is 1.68 bits per heavy atom. The van der Waals surface area contributed by atoms with Crippen LogP contribution in [0.2, 0.25) is 0 Å². The number of nitrogens with zero attached hydrogens (tertiary/aromatic N) is 4. The summed E-state index contributed by atoms with van der Waals surface area (Å²) in [5.74, 6) is -0.0943. The molecule has 0 aliphatic rings. The highest BCUT2D eigenvalue weighted by Crippen LogP contribution is 2.17. The molecular formula is C22H35N5O3S. The first-order valence-corrected chi connectivity index (χ1v) is 12.4. The maximum absolute atomic E-state index is 12.5. The Bertz CT molecular complexity index is 917. The Hall–Kier alpha value is -2.23. The molecule has 1 heterocycles. The van der Waals surface area contributed by atoms with Gasteiger partial charge >= 0.3 is 0 Å². The smallest absolute Gasteiger partial charge is 0.243 e. The zero-order valence-corrected chi connectivity index (χ0v) is 19.9. The molecule has 0 aliphatic heterocycles. The van der Waals surface area contributed by atoms with Crippen molar-refractivity contribution in [2.24, 2.45) is 0 Å². The minimum Gasteiger partial charge on any atom is -0.323 e. The third-order valence-electron chi connectivity index (χ3n) is 5.36. The van der Waals surface area contributed by atoms with E-state index in [0.29, 0.717) is 31.6 Å². The fourth-order valence-electron chi connectivity index (χ4n) is 3.36. The number of rotatable bonds is 13. The first kappa shape index (κ1) is 25.0. The van der Waals surface area contributed by atoms with Gasteiger partial charge in [0, 0.05) is 32.3 Å². The summed E-state index contributed by atoms with van der Waals surface area (Å²) in [4.78, 5) is 14.9. The quantitative estimate of drug-likeness (QED) is 0.508. The van der Waals surface area contributed by atoms with Gasteiger partial charge in [0.1, 0.15) is 0 Å². The Morgan fingerprint density at radius 1 is 1.03 bits per heavy atom. The van der Waals surface area contributed by atoms with E-state index in [1.165, 1.54) is 4.31 Å². The van der Waals surface area contributed by atoms with Crippen LogP contribution in [0.4, 0.5) is 5.69 Å². The lowest BCUT2D eigenvalue weighted by Gasteiger charge is -2.18. The van der Waals surface area contributed by atoms with Crippen LogP contribution < -0.4 is 5.32 Å². The predicted octanol–water partition coefficient (Wildman–Crippen LogP) is 2.83. The summed E-state index contributed by atoms with van der Waals surface area (Å²) in [6, 6.07) is 6.77. The van der Waals surface area contributed by atoms with Crippen molar-refractivity contribution in [3.05, 3.63) is 42.2 Å². The number of anilines is 1. The second-order valence-electron chi connectivity index (χ2n) is 7.30. The van der Waals surface area contributed by atoms with Crippen molar-refractivity contribution in [3.8, 4) is 0 Å². The molecule has 0 radical (unpaired) electrons. The van der Waals surface area contributed by atoms with Crippen LogP contribution in [0, 0.1) is 0 Å². The monoisotopic (exact) mass is 449 g/mol. The van der Waals surface area contributed by atoms with Crippen LogP contribution in [0.1, 0.15) is 39.7 Å². The molecule has 1 N–H and O–H groups in total. The maximum atomic E-state index is 12.5. The van der Waals surface area contributed by atoms with Crippen molar-refractivity contribution in [2.75, 3.05) is 38.0 Å². The zero-order chi connectivity index (χ0) is 22.9. The van der Waals surface area contributed by atoms with Crippen molar-refractivity contribution >= 4 is 21.6 Å². The molecular weight excluding hydrogens is 414 g/mol. The lowest BCUT2D eigenvalue weighted by molar-refractivity contribution is -0.116. The van der Waals surface area contributed by atoms with Gasteiger partial charge < -0.3 is 10.2 Å². The normalized spacial score (nSPS) is 11.9. The van der Waals surface area contributed by atoms with Gasteiger partial charge in [0.15, 0.2) is 0 Å². The molecule has 2 aromatic rings. The number of aryl methyl sites for hydroxylation is 1. The first-order chi connectivity index (χ1) is 14.8. The number of hydrogen-bond acceptors (Lipinski definition) is 5. The molecule has 1 aromatic heterocycles. The average molecular weight is 450 g/mol. The molecule has 0 atom stereocenters. The van der Waals surface area contributed by atoms with Gasteiger partial charge in [-0.25, -0.2) is 8.42 Å². The molecule has 172 valence electrons. The second-order valence-corrected chi connectivity index (χ2v) is 9.24. The van der Waals surface area contributed by atoms with Crippen molar-refractivity contribution in [2.45, 2.75) is 52.0 Å². The van der Waals surface area contributed by atoms with Crippen LogP contribution in [0.25, 0.3) is 0 Å².